The minimum atomic E-state index is -4.84. The van der Waals surface area contributed by atoms with Crippen LogP contribution in [0.4, 0.5) is 38.4 Å². The van der Waals surface area contributed by atoms with Crippen LogP contribution in [-0.2, 0) is 25.5 Å². The third kappa shape index (κ3) is 11.2. The van der Waals surface area contributed by atoms with Crippen LogP contribution in [0, 0.1) is 11.2 Å². The lowest BCUT2D eigenvalue weighted by molar-refractivity contribution is -0.156. The van der Waals surface area contributed by atoms with Gasteiger partial charge in [0.15, 0.2) is 12.3 Å². The van der Waals surface area contributed by atoms with Gasteiger partial charge in [0.2, 0.25) is 6.79 Å². The van der Waals surface area contributed by atoms with E-state index in [1.54, 1.807) is 82.4 Å². The molecule has 2 N–H and O–H groups in total. The van der Waals surface area contributed by atoms with Gasteiger partial charge in [0.1, 0.15) is 29.6 Å². The molecule has 5 aromatic rings. The Labute approximate surface area is 353 Å². The van der Waals surface area contributed by atoms with E-state index in [4.69, 9.17) is 19.9 Å². The van der Waals surface area contributed by atoms with Crippen LogP contribution in [0.5, 0.6) is 5.75 Å². The van der Waals surface area contributed by atoms with Gasteiger partial charge in [-0.05, 0) is 64.6 Å². The molecule has 1 aliphatic rings. The van der Waals surface area contributed by atoms with Crippen LogP contribution in [0.2, 0.25) is 0 Å². The van der Waals surface area contributed by atoms with Crippen molar-refractivity contribution in [3.8, 4) is 16.9 Å². The van der Waals surface area contributed by atoms with Gasteiger partial charge in [0.25, 0.3) is 11.9 Å². The summed E-state index contributed by atoms with van der Waals surface area (Å²) in [7, 11) is 0. The molecule has 19 heteroatoms. The molecule has 1 saturated heterocycles. The Morgan fingerprint density at radius 2 is 1.57 bits per heavy atom. The average Bonchev–Trinajstić information content (AvgIpc) is 3.61. The first-order valence-corrected chi connectivity index (χ1v) is 18.7. The number of hydrogen-bond acceptors (Lipinski definition) is 10. The summed E-state index contributed by atoms with van der Waals surface area (Å²) in [6.07, 6.45) is -5.67. The highest BCUT2D eigenvalue weighted by molar-refractivity contribution is 5.99. The number of pyridine rings is 1. The first-order chi connectivity index (χ1) is 28.3. The van der Waals surface area contributed by atoms with E-state index >= 15 is 0 Å². The fourth-order valence-electron chi connectivity index (χ4n) is 6.06. The molecule has 3 heterocycles. The number of amides is 2. The van der Waals surface area contributed by atoms with Crippen LogP contribution in [0.15, 0.2) is 85.1 Å². The second-order valence-corrected chi connectivity index (χ2v) is 15.3. The molecular formula is C42H42ClF5N6O7. The van der Waals surface area contributed by atoms with E-state index in [0.717, 1.165) is 22.6 Å². The number of halogens is 6. The first kappa shape index (κ1) is 45.9. The highest BCUT2D eigenvalue weighted by atomic mass is 35.5. The molecule has 1 fully saturated rings. The van der Waals surface area contributed by atoms with Gasteiger partial charge in [-0.1, -0.05) is 64.1 Å². The van der Waals surface area contributed by atoms with Gasteiger partial charge in [-0.2, -0.15) is 18.2 Å². The molecule has 2 aromatic heterocycles. The number of anilines is 2. The normalized spacial score (nSPS) is 14.0. The third-order valence-corrected chi connectivity index (χ3v) is 9.75. The van der Waals surface area contributed by atoms with Gasteiger partial charge in [-0.25, -0.2) is 23.0 Å². The van der Waals surface area contributed by atoms with Crippen LogP contribution in [0.3, 0.4) is 0 Å². The van der Waals surface area contributed by atoms with Crippen molar-refractivity contribution in [3.63, 3.8) is 0 Å². The van der Waals surface area contributed by atoms with E-state index < -0.39 is 78.6 Å². The summed E-state index contributed by atoms with van der Waals surface area (Å²) < 4.78 is 84.1. The van der Waals surface area contributed by atoms with Crippen LogP contribution < -0.4 is 15.4 Å². The Balaban J connectivity index is 0.00000704. The molecular weight excluding hydrogens is 831 g/mol. The van der Waals surface area contributed by atoms with Crippen molar-refractivity contribution >= 4 is 53.4 Å². The van der Waals surface area contributed by atoms with E-state index in [0.29, 0.717) is 21.6 Å². The summed E-state index contributed by atoms with van der Waals surface area (Å²) in [4.78, 5) is 58.6. The second-order valence-electron chi connectivity index (χ2n) is 15.3. The molecule has 0 aliphatic carbocycles. The molecule has 0 spiro atoms. The summed E-state index contributed by atoms with van der Waals surface area (Å²) in [6, 6.07) is 18.4. The molecule has 324 valence electrons. The fraction of sp³-hybridized carbons (Fsp3) is 0.333. The lowest BCUT2D eigenvalue weighted by Crippen LogP contribution is -2.51. The average molecular weight is 873 g/mol. The van der Waals surface area contributed by atoms with E-state index in [-0.39, 0.29) is 54.6 Å². The number of fused-ring (bicyclic) bond motifs is 1. The van der Waals surface area contributed by atoms with Crippen molar-refractivity contribution < 1.29 is 55.3 Å². The Morgan fingerprint density at radius 1 is 0.918 bits per heavy atom. The van der Waals surface area contributed by atoms with Gasteiger partial charge in [-0.15, -0.1) is 17.5 Å². The number of ketones is 1. The minimum Gasteiger partial charge on any atom is -0.482 e. The summed E-state index contributed by atoms with van der Waals surface area (Å²) in [6.45, 7) is 3.67. The van der Waals surface area contributed by atoms with Crippen LogP contribution in [-0.4, -0.2) is 88.1 Å². The quantitative estimate of drug-likeness (QED) is 0.0705. The zero-order valence-electron chi connectivity index (χ0n) is 33.3. The number of Topliss-reactive ketones (excluding diaryl/α,β-unsaturated/α-hetero) is 1. The Morgan fingerprint density at radius 3 is 2.20 bits per heavy atom. The number of ether oxygens (including phenoxy) is 3. The number of esters is 1. The number of alkyl halides is 4. The van der Waals surface area contributed by atoms with Crippen molar-refractivity contribution in [1.29, 1.82) is 0 Å². The van der Waals surface area contributed by atoms with Crippen molar-refractivity contribution in [1.82, 2.24) is 19.5 Å². The smallest absolute Gasteiger partial charge is 0.424 e. The number of carbonyl (C=O) groups is 4. The van der Waals surface area contributed by atoms with E-state index in [1.165, 1.54) is 22.7 Å². The lowest BCUT2D eigenvalue weighted by atomic mass is 9.87. The number of rotatable bonds is 13. The summed E-state index contributed by atoms with van der Waals surface area (Å²) >= 11 is 0. The fourth-order valence-corrected chi connectivity index (χ4v) is 6.06. The van der Waals surface area contributed by atoms with E-state index in [2.05, 4.69) is 10.1 Å². The Kier molecular flexibility index (Phi) is 14.0. The maximum atomic E-state index is 13.8. The third-order valence-electron chi connectivity index (χ3n) is 9.75. The maximum Gasteiger partial charge on any atom is 0.424 e. The largest absolute Gasteiger partial charge is 0.482 e. The Hall–Kier alpha value is -6.14. The molecule has 0 bridgehead atoms. The standard InChI is InChI=1S/C42H41F5N6O7.ClH/c1-24(26-9-13-30(43)14-10-26)33(54)17-25-5-7-27(8-6-25)29-12-16-35-49-39(50-52(35)19-29)53(40(57)60-23-59-38(56)36(48)41(2,3)4)32-15-11-28(37(55)51-20-31(44)21-51)18-34(32)58-22-42(45,46)47;/h5-16,18-19,24,31,36H,17,20-23,48H2,1-4H3;1H/t24-,36-;/m1./s1. The van der Waals surface area contributed by atoms with Crippen LogP contribution in [0.25, 0.3) is 16.8 Å². The number of hydrogen-bond donors (Lipinski definition) is 1. The van der Waals surface area contributed by atoms with Crippen molar-refractivity contribution in [2.24, 2.45) is 11.1 Å². The summed E-state index contributed by atoms with van der Waals surface area (Å²) in [5.41, 5.74) is 7.70. The van der Waals surface area contributed by atoms with Crippen molar-refractivity contribution in [2.45, 2.75) is 58.4 Å². The Bertz CT molecular complexity index is 2380. The molecule has 1 aliphatic heterocycles. The number of carbonyl (C=O) groups excluding carboxylic acids is 4. The molecule has 3 aromatic carbocycles. The van der Waals surface area contributed by atoms with E-state index in [1.807, 2.05) is 0 Å². The van der Waals surface area contributed by atoms with Crippen molar-refractivity contribution in [3.05, 3.63) is 108 Å². The van der Waals surface area contributed by atoms with Crippen molar-refractivity contribution in [2.75, 3.05) is 31.4 Å². The van der Waals surface area contributed by atoms with Crippen LogP contribution in [0.1, 0.15) is 55.1 Å². The number of nitrogens with two attached hydrogens (primary N) is 1. The number of benzene rings is 3. The summed E-state index contributed by atoms with van der Waals surface area (Å²) in [5.74, 6) is -3.46. The SMILES string of the molecule is C[C@@H](C(=O)Cc1ccc(-c2ccc3nc(N(C(=O)OCOC(=O)[C@@H](N)C(C)(C)C)c4ccc(C(=O)N5CC(F)C5)cc4OCC(F)(F)F)nn3c2)cc1)c1ccc(F)cc1.Cl. The molecule has 13 nitrogen and oxygen atoms in total. The van der Waals surface area contributed by atoms with E-state index in [9.17, 15) is 41.1 Å². The highest BCUT2D eigenvalue weighted by Gasteiger charge is 2.35. The zero-order chi connectivity index (χ0) is 43.5. The molecule has 0 radical (unpaired) electrons. The number of likely N-dealkylation sites (tertiary alicyclic amines) is 1. The molecule has 0 unspecified atom stereocenters. The maximum absolute atomic E-state index is 13.8. The lowest BCUT2D eigenvalue weighted by Gasteiger charge is -2.34. The van der Waals surface area contributed by atoms with Crippen LogP contribution >= 0.6 is 12.4 Å². The van der Waals surface area contributed by atoms with Gasteiger partial charge in [-0.3, -0.25) is 14.4 Å². The number of nitrogens with zero attached hydrogens (tertiary/aromatic N) is 5. The highest BCUT2D eigenvalue weighted by Crippen LogP contribution is 2.37. The topological polar surface area (TPSA) is 159 Å². The molecule has 2 atom stereocenters. The predicted molar refractivity (Wildman–Crippen MR) is 215 cm³/mol. The van der Waals surface area contributed by atoms with Gasteiger partial charge in [0.05, 0.1) is 18.8 Å². The monoisotopic (exact) mass is 872 g/mol. The molecule has 0 saturated carbocycles. The minimum absolute atomic E-state index is 0. The molecule has 2 amide bonds. The van der Waals surface area contributed by atoms with Gasteiger partial charge in [0, 0.05) is 29.7 Å². The zero-order valence-corrected chi connectivity index (χ0v) is 34.1. The second kappa shape index (κ2) is 18.6. The molecule has 6 rings (SSSR count). The van der Waals surface area contributed by atoms with Gasteiger partial charge < -0.3 is 24.8 Å². The van der Waals surface area contributed by atoms with Gasteiger partial charge >= 0.3 is 18.2 Å². The number of aromatic nitrogens is 3. The first-order valence-electron chi connectivity index (χ1n) is 18.7. The molecule has 61 heavy (non-hydrogen) atoms. The predicted octanol–water partition coefficient (Wildman–Crippen LogP) is 7.76. The summed E-state index contributed by atoms with van der Waals surface area (Å²) in [5, 5.41) is 4.42.